The summed E-state index contributed by atoms with van der Waals surface area (Å²) in [6, 6.07) is 0. The zero-order chi connectivity index (χ0) is 5.98. The van der Waals surface area contributed by atoms with Gasteiger partial charge in [0.05, 0.1) is 5.51 Å². The molecule has 0 amide bonds. The Labute approximate surface area is 54.5 Å². The molecule has 1 aromatic heterocycles. The van der Waals surface area contributed by atoms with E-state index < -0.39 is 0 Å². The normalized spacial score (nSPS) is 10.4. The van der Waals surface area contributed by atoms with Gasteiger partial charge in [0.15, 0.2) is 0 Å². The molecule has 0 radical (unpaired) electrons. The molecule has 1 nitrogen and oxygen atoms in total. The predicted octanol–water partition coefficient (Wildman–Crippen LogP) is 1.51. The van der Waals surface area contributed by atoms with Crippen molar-refractivity contribution in [1.29, 1.82) is 0 Å². The Kier molecular flexibility index (Phi) is 1.98. The molecule has 3 heteroatoms. The molecule has 44 valence electrons. The Bertz CT molecular complexity index is 147. The minimum absolute atomic E-state index is 0.0975. The number of hydrogen-bond acceptors (Lipinski definition) is 2. The van der Waals surface area contributed by atoms with Gasteiger partial charge in [0.1, 0.15) is 0 Å². The first kappa shape index (κ1) is 6.18. The Morgan fingerprint density at radius 3 is 2.62 bits per heavy atom. The van der Waals surface area contributed by atoms with Crippen LogP contribution in [-0.2, 0) is 0 Å². The molecule has 1 heterocycles. The first-order chi connectivity index (χ1) is 3.80. The van der Waals surface area contributed by atoms with Crippen LogP contribution in [0.1, 0.15) is 0 Å². The summed E-state index contributed by atoms with van der Waals surface area (Å²) in [5, 5.41) is 0. The van der Waals surface area contributed by atoms with E-state index in [0.717, 1.165) is 0 Å². The largest absolute Gasteiger partial charge is 0.252 e. The molecule has 0 fully saturated rings. The van der Waals surface area contributed by atoms with Gasteiger partial charge in [-0.25, -0.2) is 0 Å². The average molecular weight is 145 g/mol. The van der Waals surface area contributed by atoms with Gasteiger partial charge in [-0.2, -0.15) is 0 Å². The summed E-state index contributed by atoms with van der Waals surface area (Å²) in [4.78, 5) is 3.98. The van der Waals surface area contributed by atoms with Crippen LogP contribution >= 0.6 is 19.3 Å². The van der Waals surface area contributed by atoms with Crippen molar-refractivity contribution in [3.05, 3.63) is 11.7 Å². The van der Waals surface area contributed by atoms with Crippen LogP contribution in [0, 0.1) is 0 Å². The molecular formula is C5H8NPS. The maximum absolute atomic E-state index is 3.98. The van der Waals surface area contributed by atoms with Crippen LogP contribution in [0.4, 0.5) is 0 Å². The molecule has 0 aliphatic rings. The lowest BCUT2D eigenvalue weighted by atomic mass is 11.0. The third kappa shape index (κ3) is 1.27. The van der Waals surface area contributed by atoms with Crippen molar-refractivity contribution in [3.8, 4) is 0 Å². The summed E-state index contributed by atoms with van der Waals surface area (Å²) < 4.78 is 1.43. The summed E-state index contributed by atoms with van der Waals surface area (Å²) in [7, 11) is 0.0975. The second-order valence-electron chi connectivity index (χ2n) is 1.73. The molecule has 0 bridgehead atoms. The van der Waals surface area contributed by atoms with E-state index in [1.165, 1.54) is 4.62 Å². The second-order valence-corrected chi connectivity index (χ2v) is 5.19. The Balaban J connectivity index is 2.77. The lowest BCUT2D eigenvalue weighted by Crippen LogP contribution is -1.88. The van der Waals surface area contributed by atoms with Crippen molar-refractivity contribution in [2.24, 2.45) is 0 Å². The standard InChI is InChI=1S/C5H8NPS/c1-7(2)5-3-6-4-8-5/h3-4H,1-2H3. The average Bonchev–Trinajstić information content (AvgIpc) is 2.12. The lowest BCUT2D eigenvalue weighted by Gasteiger charge is -1.95. The summed E-state index contributed by atoms with van der Waals surface area (Å²) >= 11 is 1.75. The zero-order valence-corrected chi connectivity index (χ0v) is 6.67. The molecule has 0 spiro atoms. The maximum Gasteiger partial charge on any atom is 0.0798 e. The van der Waals surface area contributed by atoms with Crippen molar-refractivity contribution in [1.82, 2.24) is 4.98 Å². The number of rotatable bonds is 1. The number of nitrogens with zero attached hydrogens (tertiary/aromatic N) is 1. The molecule has 0 saturated carbocycles. The van der Waals surface area contributed by atoms with E-state index in [-0.39, 0.29) is 7.92 Å². The van der Waals surface area contributed by atoms with Crippen LogP contribution in [0.5, 0.6) is 0 Å². The van der Waals surface area contributed by atoms with Gasteiger partial charge in [0.2, 0.25) is 0 Å². The van der Waals surface area contributed by atoms with Crippen molar-refractivity contribution >= 4 is 23.9 Å². The smallest absolute Gasteiger partial charge is 0.0798 e. The predicted molar refractivity (Wildman–Crippen MR) is 40.5 cm³/mol. The van der Waals surface area contributed by atoms with E-state index in [4.69, 9.17) is 0 Å². The fourth-order valence-corrected chi connectivity index (χ4v) is 2.06. The highest BCUT2D eigenvalue weighted by atomic mass is 32.1. The van der Waals surface area contributed by atoms with Gasteiger partial charge in [-0.3, -0.25) is 4.98 Å². The quantitative estimate of drug-likeness (QED) is 0.546. The van der Waals surface area contributed by atoms with Crippen molar-refractivity contribution in [2.45, 2.75) is 0 Å². The molecule has 8 heavy (non-hydrogen) atoms. The summed E-state index contributed by atoms with van der Waals surface area (Å²) in [5.41, 5.74) is 1.89. The van der Waals surface area contributed by atoms with E-state index >= 15 is 0 Å². The summed E-state index contributed by atoms with van der Waals surface area (Å²) in [6.45, 7) is 4.48. The minimum Gasteiger partial charge on any atom is -0.252 e. The molecule has 0 aliphatic carbocycles. The van der Waals surface area contributed by atoms with Crippen LogP contribution in [0.25, 0.3) is 0 Å². The monoisotopic (exact) mass is 145 g/mol. The number of hydrogen-bond donors (Lipinski definition) is 0. The number of thiazole rings is 1. The summed E-state index contributed by atoms with van der Waals surface area (Å²) in [6.07, 6.45) is 1.95. The van der Waals surface area contributed by atoms with Gasteiger partial charge in [-0.15, -0.1) is 11.3 Å². The molecule has 0 atom stereocenters. The third-order valence-corrected chi connectivity index (χ3v) is 3.84. The Morgan fingerprint density at radius 2 is 2.38 bits per heavy atom. The molecule has 0 unspecified atom stereocenters. The highest BCUT2D eigenvalue weighted by Crippen LogP contribution is 2.24. The highest BCUT2D eigenvalue weighted by molar-refractivity contribution is 7.70. The molecule has 1 rings (SSSR count). The van der Waals surface area contributed by atoms with Gasteiger partial charge in [-0.1, -0.05) is 7.92 Å². The Hall–Kier alpha value is 0.0600. The fourth-order valence-electron chi connectivity index (χ4n) is 0.430. The van der Waals surface area contributed by atoms with Crippen molar-refractivity contribution in [3.63, 3.8) is 0 Å². The topological polar surface area (TPSA) is 12.9 Å². The highest BCUT2D eigenvalue weighted by Gasteiger charge is 1.96. The summed E-state index contributed by atoms with van der Waals surface area (Å²) in [5.74, 6) is 0. The zero-order valence-electron chi connectivity index (χ0n) is 4.96. The second kappa shape index (κ2) is 2.56. The van der Waals surface area contributed by atoms with E-state index in [0.29, 0.717) is 0 Å². The molecule has 0 aliphatic heterocycles. The van der Waals surface area contributed by atoms with Gasteiger partial charge in [-0.05, 0) is 13.3 Å². The van der Waals surface area contributed by atoms with Crippen molar-refractivity contribution < 1.29 is 0 Å². The fraction of sp³-hybridized carbons (Fsp3) is 0.400. The Morgan fingerprint density at radius 1 is 1.62 bits per heavy atom. The lowest BCUT2D eigenvalue weighted by molar-refractivity contribution is 1.44. The molecule has 0 aromatic carbocycles. The van der Waals surface area contributed by atoms with E-state index in [1.807, 2.05) is 11.7 Å². The van der Waals surface area contributed by atoms with E-state index in [1.54, 1.807) is 11.3 Å². The van der Waals surface area contributed by atoms with Gasteiger partial charge < -0.3 is 0 Å². The van der Waals surface area contributed by atoms with E-state index in [2.05, 4.69) is 18.3 Å². The first-order valence-corrected chi connectivity index (χ1v) is 5.48. The SMILES string of the molecule is CP(C)c1cncs1. The van der Waals surface area contributed by atoms with E-state index in [9.17, 15) is 0 Å². The van der Waals surface area contributed by atoms with Crippen LogP contribution in [-0.4, -0.2) is 18.3 Å². The molecule has 0 N–H and O–H groups in total. The van der Waals surface area contributed by atoms with Gasteiger partial charge in [0, 0.05) is 10.8 Å². The number of aromatic nitrogens is 1. The molecule has 1 aromatic rings. The molecular weight excluding hydrogens is 137 g/mol. The maximum atomic E-state index is 3.98. The minimum atomic E-state index is 0.0975. The third-order valence-electron chi connectivity index (χ3n) is 0.860. The first-order valence-electron chi connectivity index (χ1n) is 2.36. The van der Waals surface area contributed by atoms with Crippen LogP contribution in [0.15, 0.2) is 11.7 Å². The van der Waals surface area contributed by atoms with Crippen LogP contribution in [0.3, 0.4) is 0 Å². The molecule has 0 saturated heterocycles. The van der Waals surface area contributed by atoms with Crippen molar-refractivity contribution in [2.75, 3.05) is 13.3 Å². The van der Waals surface area contributed by atoms with Crippen LogP contribution < -0.4 is 4.62 Å². The van der Waals surface area contributed by atoms with Gasteiger partial charge >= 0.3 is 0 Å². The van der Waals surface area contributed by atoms with Gasteiger partial charge in [0.25, 0.3) is 0 Å². The van der Waals surface area contributed by atoms with Crippen LogP contribution in [0.2, 0.25) is 0 Å².